The quantitative estimate of drug-likeness (QED) is 0.652. The molecule has 138 valence electrons. The molecular weight excluding hydrogens is 370 g/mol. The number of fused-ring (bicyclic) bond motifs is 1. The number of amides is 1. The monoisotopic (exact) mass is 385 g/mol. The molecule has 3 aromatic rings. The molecule has 8 nitrogen and oxygen atoms in total. The Labute approximate surface area is 157 Å². The van der Waals surface area contributed by atoms with E-state index in [0.717, 1.165) is 0 Å². The Morgan fingerprint density at radius 2 is 2.15 bits per heavy atom. The van der Waals surface area contributed by atoms with Crippen molar-refractivity contribution in [2.75, 3.05) is 5.32 Å². The molecule has 2 heterocycles. The number of ether oxygens (including phenoxy) is 1. The van der Waals surface area contributed by atoms with Crippen LogP contribution in [0.4, 0.5) is 5.00 Å². The van der Waals surface area contributed by atoms with Crippen molar-refractivity contribution >= 4 is 39.3 Å². The molecule has 27 heavy (non-hydrogen) atoms. The van der Waals surface area contributed by atoms with E-state index >= 15 is 0 Å². The molecule has 3 rings (SSSR count). The maximum Gasteiger partial charge on any atom is 0.419 e. The van der Waals surface area contributed by atoms with Crippen molar-refractivity contribution in [3.8, 4) is 6.07 Å². The summed E-state index contributed by atoms with van der Waals surface area (Å²) in [5.41, 5.74) is 1.37. The van der Waals surface area contributed by atoms with Gasteiger partial charge in [-0.25, -0.2) is 4.79 Å². The van der Waals surface area contributed by atoms with Gasteiger partial charge in [0, 0.05) is 6.54 Å². The lowest BCUT2D eigenvalue weighted by atomic mass is 10.3. The number of para-hydroxylation sites is 2. The second kappa shape index (κ2) is 7.88. The first-order valence-electron chi connectivity index (χ1n) is 8.06. The Bertz CT molecular complexity index is 1090. The third-order valence-electron chi connectivity index (χ3n) is 3.81. The van der Waals surface area contributed by atoms with Gasteiger partial charge in [0.2, 0.25) is 0 Å². The predicted octanol–water partition coefficient (Wildman–Crippen LogP) is 2.49. The van der Waals surface area contributed by atoms with Gasteiger partial charge in [-0.2, -0.15) is 5.26 Å². The Kier molecular flexibility index (Phi) is 5.38. The number of benzene rings is 1. The number of aromatic nitrogens is 1. The first kappa shape index (κ1) is 18.4. The molecular formula is C18H15N3O5S. The number of nitrogens with one attached hydrogen (secondary N) is 1. The van der Waals surface area contributed by atoms with Crippen LogP contribution >= 0.6 is 11.3 Å². The van der Waals surface area contributed by atoms with E-state index in [0.29, 0.717) is 21.7 Å². The molecule has 0 spiro atoms. The highest BCUT2D eigenvalue weighted by molar-refractivity contribution is 7.14. The third kappa shape index (κ3) is 4.07. The van der Waals surface area contributed by atoms with Crippen molar-refractivity contribution in [3.63, 3.8) is 0 Å². The molecule has 0 aliphatic rings. The number of carbonyl (C=O) groups is 2. The van der Waals surface area contributed by atoms with Crippen LogP contribution < -0.4 is 11.1 Å². The van der Waals surface area contributed by atoms with Gasteiger partial charge in [-0.1, -0.05) is 12.1 Å². The van der Waals surface area contributed by atoms with Gasteiger partial charge in [0.25, 0.3) is 5.91 Å². The fraction of sp³-hybridized carbons (Fsp3) is 0.222. The number of rotatable bonds is 6. The summed E-state index contributed by atoms with van der Waals surface area (Å²) in [4.78, 5) is 36.0. The predicted molar refractivity (Wildman–Crippen MR) is 98.3 cm³/mol. The molecule has 0 unspecified atom stereocenters. The molecule has 0 aliphatic heterocycles. The molecule has 9 heteroatoms. The van der Waals surface area contributed by atoms with Gasteiger partial charge in [0.05, 0.1) is 17.5 Å². The average Bonchev–Trinajstić information content (AvgIpc) is 3.22. The van der Waals surface area contributed by atoms with Crippen LogP contribution in [0, 0.1) is 11.3 Å². The Balaban J connectivity index is 1.57. The van der Waals surface area contributed by atoms with Gasteiger partial charge < -0.3 is 14.5 Å². The fourth-order valence-corrected chi connectivity index (χ4v) is 3.19. The van der Waals surface area contributed by atoms with Gasteiger partial charge in [0.1, 0.15) is 11.1 Å². The third-order valence-corrected chi connectivity index (χ3v) is 4.64. The highest BCUT2D eigenvalue weighted by Crippen LogP contribution is 2.22. The number of aryl methyl sites for hydroxylation is 1. The van der Waals surface area contributed by atoms with Crippen LogP contribution in [0.1, 0.15) is 18.9 Å². The molecule has 1 N–H and O–H groups in total. The Morgan fingerprint density at radius 1 is 1.37 bits per heavy atom. The summed E-state index contributed by atoms with van der Waals surface area (Å²) in [5.74, 6) is -1.72. The van der Waals surface area contributed by atoms with E-state index in [1.165, 1.54) is 22.8 Å². The number of thiophene rings is 1. The van der Waals surface area contributed by atoms with Gasteiger partial charge in [0.15, 0.2) is 11.7 Å². The normalized spacial score (nSPS) is 11.7. The lowest BCUT2D eigenvalue weighted by Gasteiger charge is -2.13. The van der Waals surface area contributed by atoms with Crippen molar-refractivity contribution in [3.05, 3.63) is 51.8 Å². The van der Waals surface area contributed by atoms with E-state index < -0.39 is 23.7 Å². The first-order chi connectivity index (χ1) is 13.0. The number of carbonyl (C=O) groups excluding carboxylic acids is 2. The van der Waals surface area contributed by atoms with Crippen molar-refractivity contribution in [1.82, 2.24) is 4.57 Å². The van der Waals surface area contributed by atoms with E-state index in [1.54, 1.807) is 35.7 Å². The summed E-state index contributed by atoms with van der Waals surface area (Å²) >= 11 is 1.21. The van der Waals surface area contributed by atoms with Crippen molar-refractivity contribution in [2.45, 2.75) is 26.0 Å². The number of esters is 1. The molecule has 2 aromatic heterocycles. The highest BCUT2D eigenvalue weighted by atomic mass is 32.1. The minimum absolute atomic E-state index is 0.0759. The number of nitriles is 1. The highest BCUT2D eigenvalue weighted by Gasteiger charge is 2.20. The summed E-state index contributed by atoms with van der Waals surface area (Å²) in [6, 6.07) is 10.4. The lowest BCUT2D eigenvalue weighted by molar-refractivity contribution is -0.153. The molecule has 0 saturated carbocycles. The maximum absolute atomic E-state index is 12.1. The topological polar surface area (TPSA) is 114 Å². The molecule has 0 saturated heterocycles. The number of oxazole rings is 1. The molecule has 0 aliphatic carbocycles. The van der Waals surface area contributed by atoms with E-state index in [2.05, 4.69) is 5.32 Å². The number of hydrogen-bond donors (Lipinski definition) is 1. The lowest BCUT2D eigenvalue weighted by Crippen LogP contribution is -2.30. The van der Waals surface area contributed by atoms with Gasteiger partial charge in [-0.05, 0) is 30.5 Å². The van der Waals surface area contributed by atoms with Crippen LogP contribution in [0.5, 0.6) is 0 Å². The largest absolute Gasteiger partial charge is 0.452 e. The second-order valence-electron chi connectivity index (χ2n) is 5.63. The van der Waals surface area contributed by atoms with E-state index in [4.69, 9.17) is 14.4 Å². The summed E-state index contributed by atoms with van der Waals surface area (Å²) in [6.45, 7) is 1.51. The summed E-state index contributed by atoms with van der Waals surface area (Å²) in [5, 5.41) is 13.6. The fourth-order valence-electron chi connectivity index (χ4n) is 2.45. The van der Waals surface area contributed by atoms with Crippen LogP contribution in [-0.4, -0.2) is 22.5 Å². The van der Waals surface area contributed by atoms with Crippen LogP contribution in [0.2, 0.25) is 0 Å². The van der Waals surface area contributed by atoms with E-state index in [-0.39, 0.29) is 13.0 Å². The molecule has 1 aromatic carbocycles. The number of nitrogens with zero attached hydrogens (tertiary/aromatic N) is 2. The zero-order chi connectivity index (χ0) is 19.4. The average molecular weight is 385 g/mol. The van der Waals surface area contributed by atoms with Gasteiger partial charge in [-0.15, -0.1) is 11.3 Å². The zero-order valence-electron chi connectivity index (χ0n) is 14.3. The zero-order valence-corrected chi connectivity index (χ0v) is 15.1. The molecule has 0 radical (unpaired) electrons. The SMILES string of the molecule is C[C@H](OC(=O)CCn1c(=O)oc2ccccc21)C(=O)Nc1sccc1C#N. The summed E-state index contributed by atoms with van der Waals surface area (Å²) in [6.07, 6.45) is -1.13. The van der Waals surface area contributed by atoms with Crippen molar-refractivity contribution < 1.29 is 18.7 Å². The first-order valence-corrected chi connectivity index (χ1v) is 8.94. The van der Waals surface area contributed by atoms with Gasteiger partial charge in [-0.3, -0.25) is 14.2 Å². The minimum Gasteiger partial charge on any atom is -0.452 e. The Morgan fingerprint density at radius 3 is 2.93 bits per heavy atom. The summed E-state index contributed by atoms with van der Waals surface area (Å²) < 4.78 is 11.5. The minimum atomic E-state index is -1.04. The summed E-state index contributed by atoms with van der Waals surface area (Å²) in [7, 11) is 0. The molecule has 1 atom stereocenters. The maximum atomic E-state index is 12.1. The van der Waals surface area contributed by atoms with Gasteiger partial charge >= 0.3 is 11.7 Å². The number of anilines is 1. The van der Waals surface area contributed by atoms with E-state index in [1.807, 2.05) is 6.07 Å². The van der Waals surface area contributed by atoms with Crippen LogP contribution in [0.15, 0.2) is 44.9 Å². The van der Waals surface area contributed by atoms with E-state index in [9.17, 15) is 14.4 Å². The number of hydrogen-bond acceptors (Lipinski definition) is 7. The second-order valence-corrected chi connectivity index (χ2v) is 6.55. The molecule has 0 fully saturated rings. The molecule has 0 bridgehead atoms. The standard InChI is InChI=1S/C18H15N3O5S/c1-11(16(23)20-17-12(10-19)7-9-27-17)25-15(22)6-8-21-13-4-2-3-5-14(13)26-18(21)24/h2-5,7,9,11H,6,8H2,1H3,(H,20,23)/t11-/m0/s1. The smallest absolute Gasteiger partial charge is 0.419 e. The van der Waals surface area contributed by atoms with Crippen molar-refractivity contribution in [2.24, 2.45) is 0 Å². The van der Waals surface area contributed by atoms with Crippen LogP contribution in [0.25, 0.3) is 11.1 Å². The Hall–Kier alpha value is -3.38. The molecule has 1 amide bonds. The van der Waals surface area contributed by atoms with Crippen molar-refractivity contribution in [1.29, 1.82) is 5.26 Å². The van der Waals surface area contributed by atoms with Crippen LogP contribution in [0.3, 0.4) is 0 Å². The van der Waals surface area contributed by atoms with Crippen LogP contribution in [-0.2, 0) is 20.9 Å².